The number of aliphatic hydroxyl groups is 3. The molecule has 0 aromatic rings. The lowest BCUT2D eigenvalue weighted by Crippen LogP contribution is -2.48. The molecule has 0 saturated carbocycles. The van der Waals surface area contributed by atoms with Crippen LogP contribution in [0.3, 0.4) is 0 Å². The summed E-state index contributed by atoms with van der Waals surface area (Å²) in [6, 6.07) is -0.798. The second-order valence-corrected chi connectivity index (χ2v) is 15.3. The first kappa shape index (κ1) is 48.8. The van der Waals surface area contributed by atoms with Crippen LogP contribution in [0.5, 0.6) is 0 Å². The van der Waals surface area contributed by atoms with E-state index in [1.54, 1.807) is 6.08 Å². The summed E-state index contributed by atoms with van der Waals surface area (Å²) in [4.78, 5) is 12.5. The quantitative estimate of drug-likeness (QED) is 0.0377. The fourth-order valence-electron chi connectivity index (χ4n) is 6.77. The van der Waals surface area contributed by atoms with E-state index >= 15 is 0 Å². The van der Waals surface area contributed by atoms with Gasteiger partial charge in [0.05, 0.1) is 18.8 Å². The Morgan fingerprint density at radius 3 is 1.16 bits per heavy atom. The molecule has 0 saturated heterocycles. The van der Waals surface area contributed by atoms with Crippen molar-refractivity contribution in [2.45, 2.75) is 250 Å². The molecule has 0 spiro atoms. The molecular weight excluding hydrogens is 618 g/mol. The highest BCUT2D eigenvalue weighted by Gasteiger charge is 2.22. The predicted molar refractivity (Wildman–Crippen MR) is 218 cm³/mol. The Kier molecular flexibility index (Phi) is 39.6. The Morgan fingerprint density at radius 2 is 0.800 bits per heavy atom. The highest BCUT2D eigenvalue weighted by atomic mass is 16.3. The maximum absolute atomic E-state index is 12.5. The SMILES string of the molecule is CCCCCCCCCC/C=C\CCCCCCCCC(O)C(=O)NC(CO)C(O)/C=C/CCCCCCCCCCCCCCCCCC. The number of unbranched alkanes of at least 4 members (excludes halogenated alkanes) is 30. The van der Waals surface area contributed by atoms with Crippen LogP contribution < -0.4 is 5.32 Å². The van der Waals surface area contributed by atoms with Gasteiger partial charge in [-0.15, -0.1) is 0 Å². The first-order valence-corrected chi connectivity index (χ1v) is 22.2. The number of aliphatic hydroxyl groups excluding tert-OH is 3. The molecule has 0 aliphatic rings. The lowest BCUT2D eigenvalue weighted by Gasteiger charge is -2.21. The second kappa shape index (κ2) is 40.6. The molecule has 1 amide bonds. The maximum atomic E-state index is 12.5. The molecule has 0 radical (unpaired) electrons. The molecule has 5 nitrogen and oxygen atoms in total. The summed E-state index contributed by atoms with van der Waals surface area (Å²) in [5, 5.41) is 33.1. The fourth-order valence-corrected chi connectivity index (χ4v) is 6.77. The lowest BCUT2D eigenvalue weighted by atomic mass is 10.0. The summed E-state index contributed by atoms with van der Waals surface area (Å²) in [6.07, 6.45) is 49.2. The molecule has 0 heterocycles. The third-order valence-corrected chi connectivity index (χ3v) is 10.3. The Morgan fingerprint density at radius 1 is 0.480 bits per heavy atom. The molecule has 50 heavy (non-hydrogen) atoms. The summed E-state index contributed by atoms with van der Waals surface area (Å²) >= 11 is 0. The van der Waals surface area contributed by atoms with Crippen molar-refractivity contribution >= 4 is 5.91 Å². The summed E-state index contributed by atoms with van der Waals surface area (Å²) < 4.78 is 0. The molecule has 296 valence electrons. The van der Waals surface area contributed by atoms with Crippen molar-refractivity contribution in [2.75, 3.05) is 6.61 Å². The van der Waals surface area contributed by atoms with Crippen LogP contribution in [-0.4, -0.2) is 46.1 Å². The van der Waals surface area contributed by atoms with Gasteiger partial charge in [0.2, 0.25) is 5.91 Å². The first-order chi connectivity index (χ1) is 24.6. The number of amides is 1. The van der Waals surface area contributed by atoms with E-state index in [4.69, 9.17) is 0 Å². The van der Waals surface area contributed by atoms with Crippen LogP contribution in [0.2, 0.25) is 0 Å². The van der Waals surface area contributed by atoms with Crippen LogP contribution in [0.4, 0.5) is 0 Å². The maximum Gasteiger partial charge on any atom is 0.249 e. The molecule has 0 aromatic carbocycles. The second-order valence-electron chi connectivity index (χ2n) is 15.3. The molecule has 4 N–H and O–H groups in total. The molecule has 5 heteroatoms. The zero-order valence-corrected chi connectivity index (χ0v) is 33.5. The summed E-state index contributed by atoms with van der Waals surface area (Å²) in [5.41, 5.74) is 0. The average molecular weight is 706 g/mol. The fraction of sp³-hybridized carbons (Fsp3) is 0.889. The van der Waals surface area contributed by atoms with Crippen LogP contribution in [0.15, 0.2) is 24.3 Å². The van der Waals surface area contributed by atoms with Crippen LogP contribution in [0, 0.1) is 0 Å². The largest absolute Gasteiger partial charge is 0.394 e. The Hall–Kier alpha value is -1.17. The van der Waals surface area contributed by atoms with Crippen LogP contribution in [0.1, 0.15) is 232 Å². The van der Waals surface area contributed by atoms with Gasteiger partial charge in [-0.1, -0.05) is 212 Å². The molecule has 0 aliphatic heterocycles. The highest BCUT2D eigenvalue weighted by Crippen LogP contribution is 2.15. The number of allylic oxidation sites excluding steroid dienone is 3. The summed E-state index contributed by atoms with van der Waals surface area (Å²) in [7, 11) is 0. The Bertz CT molecular complexity index is 739. The molecule has 3 unspecified atom stereocenters. The molecular formula is C45H87NO4. The van der Waals surface area contributed by atoms with Gasteiger partial charge in [-0.25, -0.2) is 0 Å². The van der Waals surface area contributed by atoms with Gasteiger partial charge < -0.3 is 20.6 Å². The molecule has 0 bridgehead atoms. The third-order valence-electron chi connectivity index (χ3n) is 10.3. The minimum absolute atomic E-state index is 0.364. The van der Waals surface area contributed by atoms with Gasteiger partial charge in [0.1, 0.15) is 6.10 Å². The van der Waals surface area contributed by atoms with Gasteiger partial charge in [0, 0.05) is 0 Å². The lowest BCUT2D eigenvalue weighted by molar-refractivity contribution is -0.131. The molecule has 0 fully saturated rings. The van der Waals surface area contributed by atoms with Gasteiger partial charge in [-0.05, 0) is 44.9 Å². The smallest absolute Gasteiger partial charge is 0.249 e. The van der Waals surface area contributed by atoms with E-state index < -0.39 is 24.2 Å². The summed E-state index contributed by atoms with van der Waals surface area (Å²) in [5.74, 6) is -0.506. The van der Waals surface area contributed by atoms with Crippen molar-refractivity contribution in [3.05, 3.63) is 24.3 Å². The van der Waals surface area contributed by atoms with Crippen molar-refractivity contribution < 1.29 is 20.1 Å². The van der Waals surface area contributed by atoms with E-state index in [9.17, 15) is 20.1 Å². The average Bonchev–Trinajstić information content (AvgIpc) is 3.12. The van der Waals surface area contributed by atoms with Gasteiger partial charge in [-0.3, -0.25) is 4.79 Å². The van der Waals surface area contributed by atoms with Crippen LogP contribution >= 0.6 is 0 Å². The highest BCUT2D eigenvalue weighted by molar-refractivity contribution is 5.80. The van der Waals surface area contributed by atoms with Crippen molar-refractivity contribution in [1.29, 1.82) is 0 Å². The van der Waals surface area contributed by atoms with E-state index in [2.05, 4.69) is 31.3 Å². The zero-order chi connectivity index (χ0) is 36.6. The molecule has 0 rings (SSSR count). The summed E-state index contributed by atoms with van der Waals surface area (Å²) in [6.45, 7) is 4.19. The number of carbonyl (C=O) groups excluding carboxylic acids is 1. The number of rotatable bonds is 40. The van der Waals surface area contributed by atoms with E-state index in [1.807, 2.05) is 6.08 Å². The first-order valence-electron chi connectivity index (χ1n) is 22.2. The number of hydrogen-bond acceptors (Lipinski definition) is 4. The molecule has 0 aromatic heterocycles. The van der Waals surface area contributed by atoms with Crippen molar-refractivity contribution in [1.82, 2.24) is 5.32 Å². The van der Waals surface area contributed by atoms with Crippen LogP contribution in [-0.2, 0) is 4.79 Å². The minimum Gasteiger partial charge on any atom is -0.394 e. The topological polar surface area (TPSA) is 89.8 Å². The van der Waals surface area contributed by atoms with Gasteiger partial charge >= 0.3 is 0 Å². The molecule has 0 aliphatic carbocycles. The van der Waals surface area contributed by atoms with Gasteiger partial charge in [0.15, 0.2) is 0 Å². The van der Waals surface area contributed by atoms with Crippen molar-refractivity contribution in [3.8, 4) is 0 Å². The van der Waals surface area contributed by atoms with E-state index in [0.717, 1.165) is 32.1 Å². The standard InChI is InChI=1S/C45H87NO4/c1-3-5-7-9-11-13-15-17-19-21-23-25-27-29-31-33-35-37-39-43(48)42(41-47)46-45(50)44(49)40-38-36-34-32-30-28-26-24-22-20-18-16-14-12-10-8-6-4-2/h22,24,37,39,42-44,47-49H,3-21,23,25-36,38,40-41H2,1-2H3,(H,46,50)/b24-22-,39-37+. The number of hydrogen-bond donors (Lipinski definition) is 4. The van der Waals surface area contributed by atoms with Crippen molar-refractivity contribution in [2.24, 2.45) is 0 Å². The zero-order valence-electron chi connectivity index (χ0n) is 33.5. The van der Waals surface area contributed by atoms with E-state index in [1.165, 1.54) is 180 Å². The molecule has 3 atom stereocenters. The van der Waals surface area contributed by atoms with Crippen LogP contribution in [0.25, 0.3) is 0 Å². The van der Waals surface area contributed by atoms with Crippen molar-refractivity contribution in [3.63, 3.8) is 0 Å². The number of nitrogens with one attached hydrogen (secondary N) is 1. The Balaban J connectivity index is 3.68. The predicted octanol–water partition coefficient (Wildman–Crippen LogP) is 12.6. The normalized spacial score (nSPS) is 13.8. The van der Waals surface area contributed by atoms with Gasteiger partial charge in [0.25, 0.3) is 0 Å². The third kappa shape index (κ3) is 35.2. The number of carbonyl (C=O) groups is 1. The minimum atomic E-state index is -1.10. The monoisotopic (exact) mass is 706 g/mol. The van der Waals surface area contributed by atoms with E-state index in [0.29, 0.717) is 6.42 Å². The van der Waals surface area contributed by atoms with Gasteiger partial charge in [-0.2, -0.15) is 0 Å². The Labute approximate surface area is 312 Å². The van der Waals surface area contributed by atoms with E-state index in [-0.39, 0.29) is 6.61 Å².